The predicted octanol–water partition coefficient (Wildman–Crippen LogP) is 3.81. The van der Waals surface area contributed by atoms with Gasteiger partial charge in [0.05, 0.1) is 4.92 Å². The first-order valence-electron chi connectivity index (χ1n) is 7.17. The summed E-state index contributed by atoms with van der Waals surface area (Å²) in [6.07, 6.45) is 0. The van der Waals surface area contributed by atoms with Crippen LogP contribution in [0.25, 0.3) is 10.8 Å². The third-order valence-corrected chi connectivity index (χ3v) is 3.60. The number of benzene rings is 3. The van der Waals surface area contributed by atoms with Crippen molar-refractivity contribution >= 4 is 22.4 Å². The number of fused-ring (bicyclic) bond motifs is 1. The van der Waals surface area contributed by atoms with Crippen LogP contribution in [0.2, 0.25) is 0 Å². The van der Waals surface area contributed by atoms with E-state index in [1.165, 1.54) is 30.3 Å². The van der Waals surface area contributed by atoms with Gasteiger partial charge in [0.15, 0.2) is 0 Å². The van der Waals surface area contributed by atoms with E-state index >= 15 is 0 Å². The van der Waals surface area contributed by atoms with Gasteiger partial charge in [-0.25, -0.2) is 4.79 Å². The van der Waals surface area contributed by atoms with Crippen LogP contribution < -0.4 is 0 Å². The Morgan fingerprint density at radius 1 is 1.04 bits per heavy atom. The second-order valence-corrected chi connectivity index (χ2v) is 5.22. The maximum absolute atomic E-state index is 12.2. The number of rotatable bonds is 4. The summed E-state index contributed by atoms with van der Waals surface area (Å²) in [5.74, 6) is -0.806. The average molecular weight is 323 g/mol. The Labute approximate surface area is 137 Å². The van der Waals surface area contributed by atoms with Gasteiger partial charge in [-0.3, -0.25) is 10.1 Å². The molecular formula is C18H13NO5. The molecule has 120 valence electrons. The van der Waals surface area contributed by atoms with Gasteiger partial charge in [0.1, 0.15) is 17.9 Å². The molecule has 24 heavy (non-hydrogen) atoms. The Morgan fingerprint density at radius 2 is 1.67 bits per heavy atom. The lowest BCUT2D eigenvalue weighted by molar-refractivity contribution is -0.384. The van der Waals surface area contributed by atoms with Crippen molar-refractivity contribution in [1.29, 1.82) is 0 Å². The van der Waals surface area contributed by atoms with Crippen molar-refractivity contribution in [2.45, 2.75) is 6.61 Å². The van der Waals surface area contributed by atoms with Crippen molar-refractivity contribution in [3.05, 3.63) is 81.9 Å². The summed E-state index contributed by atoms with van der Waals surface area (Å²) >= 11 is 0. The standard InChI is InChI=1S/C18H13NO5/c20-17-10-14-4-2-1-3-13(14)9-16(17)18(21)24-11-12-5-7-15(8-6-12)19(22)23/h1-10,20H,11H2. The fraction of sp³-hybridized carbons (Fsp3) is 0.0556. The maximum Gasteiger partial charge on any atom is 0.342 e. The molecule has 1 N–H and O–H groups in total. The highest BCUT2D eigenvalue weighted by atomic mass is 16.6. The van der Waals surface area contributed by atoms with Crippen LogP contribution in [-0.2, 0) is 11.3 Å². The fourth-order valence-electron chi connectivity index (χ4n) is 2.33. The molecule has 0 saturated carbocycles. The van der Waals surface area contributed by atoms with Crippen LogP contribution in [0.1, 0.15) is 15.9 Å². The number of aromatic hydroxyl groups is 1. The first-order valence-corrected chi connectivity index (χ1v) is 7.17. The van der Waals surface area contributed by atoms with Crippen molar-refractivity contribution in [1.82, 2.24) is 0 Å². The Balaban J connectivity index is 1.75. The van der Waals surface area contributed by atoms with Gasteiger partial charge in [-0.1, -0.05) is 24.3 Å². The van der Waals surface area contributed by atoms with E-state index in [9.17, 15) is 20.0 Å². The van der Waals surface area contributed by atoms with Crippen molar-refractivity contribution in [3.63, 3.8) is 0 Å². The summed E-state index contributed by atoms with van der Waals surface area (Å²) in [5, 5.41) is 22.2. The highest BCUT2D eigenvalue weighted by Crippen LogP contribution is 2.26. The number of nitrogens with zero attached hydrogens (tertiary/aromatic N) is 1. The molecule has 0 radical (unpaired) electrons. The quantitative estimate of drug-likeness (QED) is 0.448. The first-order chi connectivity index (χ1) is 11.5. The summed E-state index contributed by atoms with van der Waals surface area (Å²) < 4.78 is 5.18. The third-order valence-electron chi connectivity index (χ3n) is 3.60. The molecule has 6 heteroatoms. The van der Waals surface area contributed by atoms with Crippen LogP contribution in [0.15, 0.2) is 60.7 Å². The largest absolute Gasteiger partial charge is 0.507 e. The van der Waals surface area contributed by atoms with Crippen LogP contribution >= 0.6 is 0 Å². The van der Waals surface area contributed by atoms with E-state index < -0.39 is 10.9 Å². The van der Waals surface area contributed by atoms with E-state index in [0.29, 0.717) is 5.56 Å². The van der Waals surface area contributed by atoms with E-state index in [0.717, 1.165) is 10.8 Å². The Bertz CT molecular complexity index is 918. The third kappa shape index (κ3) is 3.17. The number of hydrogen-bond acceptors (Lipinski definition) is 5. The van der Waals surface area contributed by atoms with E-state index in [4.69, 9.17) is 4.74 Å². The van der Waals surface area contributed by atoms with Gasteiger partial charge >= 0.3 is 5.97 Å². The molecule has 0 amide bonds. The molecule has 0 aromatic heterocycles. The number of non-ortho nitro benzene ring substituents is 1. The van der Waals surface area contributed by atoms with Crippen molar-refractivity contribution in [2.75, 3.05) is 0 Å². The summed E-state index contributed by atoms with van der Waals surface area (Å²) in [7, 11) is 0. The summed E-state index contributed by atoms with van der Waals surface area (Å²) in [4.78, 5) is 22.3. The molecule has 3 aromatic carbocycles. The van der Waals surface area contributed by atoms with Gasteiger partial charge in [-0.2, -0.15) is 0 Å². The minimum Gasteiger partial charge on any atom is -0.507 e. The van der Waals surface area contributed by atoms with Crippen LogP contribution in [0.4, 0.5) is 5.69 Å². The molecule has 0 spiro atoms. The second kappa shape index (κ2) is 6.37. The monoisotopic (exact) mass is 323 g/mol. The molecule has 0 saturated heterocycles. The normalized spacial score (nSPS) is 10.5. The summed E-state index contributed by atoms with van der Waals surface area (Å²) in [6.45, 7) is -0.0386. The minimum absolute atomic E-state index is 0.0303. The molecule has 0 heterocycles. The molecule has 0 bridgehead atoms. The molecule has 0 aliphatic rings. The summed E-state index contributed by atoms with van der Waals surface area (Å²) in [6, 6.07) is 16.2. The number of carbonyl (C=O) groups is 1. The number of nitro groups is 1. The lowest BCUT2D eigenvalue weighted by Crippen LogP contribution is -2.05. The zero-order valence-corrected chi connectivity index (χ0v) is 12.5. The molecular weight excluding hydrogens is 310 g/mol. The lowest BCUT2D eigenvalue weighted by Gasteiger charge is -2.08. The molecule has 3 aromatic rings. The van der Waals surface area contributed by atoms with Crippen molar-refractivity contribution < 1.29 is 19.6 Å². The topological polar surface area (TPSA) is 89.7 Å². The minimum atomic E-state index is -0.656. The van der Waals surface area contributed by atoms with Crippen molar-refractivity contribution in [2.24, 2.45) is 0 Å². The molecule has 0 aliphatic carbocycles. The number of phenols is 1. The van der Waals surface area contributed by atoms with E-state index in [1.807, 2.05) is 24.3 Å². The van der Waals surface area contributed by atoms with Crippen LogP contribution in [0.3, 0.4) is 0 Å². The molecule has 0 aliphatic heterocycles. The average Bonchev–Trinajstić information content (AvgIpc) is 2.59. The number of phenolic OH excluding ortho intramolecular Hbond substituents is 1. The second-order valence-electron chi connectivity index (χ2n) is 5.22. The first kappa shape index (κ1) is 15.5. The zero-order chi connectivity index (χ0) is 17.1. The maximum atomic E-state index is 12.2. The smallest absolute Gasteiger partial charge is 0.342 e. The number of carbonyl (C=O) groups excluding carboxylic acids is 1. The Morgan fingerprint density at radius 3 is 2.29 bits per heavy atom. The van der Waals surface area contributed by atoms with Crippen LogP contribution in [0, 0.1) is 10.1 Å². The Kier molecular flexibility index (Phi) is 4.11. The van der Waals surface area contributed by atoms with E-state index in [1.54, 1.807) is 6.07 Å². The summed E-state index contributed by atoms with van der Waals surface area (Å²) in [5.41, 5.74) is 0.669. The van der Waals surface area contributed by atoms with E-state index in [-0.39, 0.29) is 23.6 Å². The number of ether oxygens (including phenoxy) is 1. The van der Waals surface area contributed by atoms with Gasteiger partial charge in [0, 0.05) is 12.1 Å². The van der Waals surface area contributed by atoms with Gasteiger partial charge in [0.25, 0.3) is 5.69 Å². The van der Waals surface area contributed by atoms with Gasteiger partial charge in [-0.05, 0) is 40.6 Å². The molecule has 0 unspecified atom stereocenters. The van der Waals surface area contributed by atoms with Gasteiger partial charge in [-0.15, -0.1) is 0 Å². The fourth-order valence-corrected chi connectivity index (χ4v) is 2.33. The predicted molar refractivity (Wildman–Crippen MR) is 87.8 cm³/mol. The van der Waals surface area contributed by atoms with E-state index in [2.05, 4.69) is 0 Å². The van der Waals surface area contributed by atoms with Crippen LogP contribution in [0.5, 0.6) is 5.75 Å². The highest BCUT2D eigenvalue weighted by molar-refractivity contribution is 5.98. The number of hydrogen-bond donors (Lipinski definition) is 1. The van der Waals surface area contributed by atoms with Gasteiger partial charge in [0.2, 0.25) is 0 Å². The molecule has 0 fully saturated rings. The Hall–Kier alpha value is -3.41. The SMILES string of the molecule is O=C(OCc1ccc([N+](=O)[O-])cc1)c1cc2ccccc2cc1O. The molecule has 6 nitrogen and oxygen atoms in total. The van der Waals surface area contributed by atoms with Crippen molar-refractivity contribution in [3.8, 4) is 5.75 Å². The van der Waals surface area contributed by atoms with Crippen LogP contribution in [-0.4, -0.2) is 16.0 Å². The number of esters is 1. The highest BCUT2D eigenvalue weighted by Gasteiger charge is 2.14. The molecule has 3 rings (SSSR count). The zero-order valence-electron chi connectivity index (χ0n) is 12.5. The number of nitro benzene ring substituents is 1. The lowest BCUT2D eigenvalue weighted by atomic mass is 10.1. The van der Waals surface area contributed by atoms with Gasteiger partial charge < -0.3 is 9.84 Å². The molecule has 0 atom stereocenters.